The fourth-order valence-corrected chi connectivity index (χ4v) is 4.19. The molecule has 0 bridgehead atoms. The summed E-state index contributed by atoms with van der Waals surface area (Å²) in [6.45, 7) is 1.23. The standard InChI is InChI=1S/C22H20F2N2O5S/c1-2-26(13-20(27)25-21-17(23)9-6-10-18(21)24)22(28)19-12-11-15(31-19)14-32(29,30)16-7-4-3-5-8-16/h3-12H,2,13-14H2,1H3,(H,25,27). The number of benzene rings is 2. The lowest BCUT2D eigenvalue weighted by atomic mass is 10.3. The van der Waals surface area contributed by atoms with Crippen molar-refractivity contribution in [2.75, 3.05) is 18.4 Å². The topological polar surface area (TPSA) is 96.7 Å². The van der Waals surface area contributed by atoms with Crippen LogP contribution in [0.25, 0.3) is 0 Å². The van der Waals surface area contributed by atoms with Crippen molar-refractivity contribution >= 4 is 27.3 Å². The molecule has 0 spiro atoms. The number of carbonyl (C=O) groups excluding carboxylic acids is 2. The monoisotopic (exact) mass is 462 g/mol. The third-order valence-corrected chi connectivity index (χ3v) is 6.19. The SMILES string of the molecule is CCN(CC(=O)Nc1c(F)cccc1F)C(=O)c1ccc(CS(=O)(=O)c2ccccc2)o1. The zero-order chi connectivity index (χ0) is 23.3. The van der Waals surface area contributed by atoms with Crippen LogP contribution in [0.1, 0.15) is 23.2 Å². The zero-order valence-corrected chi connectivity index (χ0v) is 17.9. The van der Waals surface area contributed by atoms with Crippen LogP contribution in [0.2, 0.25) is 0 Å². The summed E-state index contributed by atoms with van der Waals surface area (Å²) >= 11 is 0. The van der Waals surface area contributed by atoms with Crippen LogP contribution in [0.3, 0.4) is 0 Å². The largest absolute Gasteiger partial charge is 0.455 e. The van der Waals surface area contributed by atoms with Crippen molar-refractivity contribution < 1.29 is 31.2 Å². The first-order valence-electron chi connectivity index (χ1n) is 9.61. The number of hydrogen-bond acceptors (Lipinski definition) is 5. The first-order valence-corrected chi connectivity index (χ1v) is 11.3. The number of likely N-dealkylation sites (N-methyl/N-ethyl adjacent to an activating group) is 1. The van der Waals surface area contributed by atoms with Crippen molar-refractivity contribution in [3.05, 3.63) is 83.8 Å². The van der Waals surface area contributed by atoms with E-state index in [0.29, 0.717) is 0 Å². The second kappa shape index (κ2) is 9.73. The minimum atomic E-state index is -3.67. The number of anilines is 1. The average molecular weight is 462 g/mol. The molecule has 1 aromatic heterocycles. The van der Waals surface area contributed by atoms with Crippen LogP contribution in [-0.4, -0.2) is 38.2 Å². The molecule has 10 heteroatoms. The lowest BCUT2D eigenvalue weighted by Gasteiger charge is -2.19. The van der Waals surface area contributed by atoms with Gasteiger partial charge in [0.2, 0.25) is 5.91 Å². The number of hydrogen-bond donors (Lipinski definition) is 1. The number of sulfone groups is 1. The summed E-state index contributed by atoms with van der Waals surface area (Å²) in [4.78, 5) is 26.1. The Kier molecular flexibility index (Phi) is 7.04. The van der Waals surface area contributed by atoms with Gasteiger partial charge in [0.05, 0.1) is 4.90 Å². The highest BCUT2D eigenvalue weighted by Crippen LogP contribution is 2.20. The maximum Gasteiger partial charge on any atom is 0.290 e. The van der Waals surface area contributed by atoms with E-state index < -0.39 is 51.3 Å². The zero-order valence-electron chi connectivity index (χ0n) is 17.0. The van der Waals surface area contributed by atoms with Crippen LogP contribution in [0.4, 0.5) is 14.5 Å². The van der Waals surface area contributed by atoms with Crippen LogP contribution in [0.15, 0.2) is 70.0 Å². The van der Waals surface area contributed by atoms with E-state index in [1.54, 1.807) is 25.1 Å². The van der Waals surface area contributed by atoms with Gasteiger partial charge in [0, 0.05) is 6.54 Å². The van der Waals surface area contributed by atoms with Gasteiger partial charge in [-0.15, -0.1) is 0 Å². The molecule has 1 N–H and O–H groups in total. The molecule has 168 valence electrons. The van der Waals surface area contributed by atoms with E-state index >= 15 is 0 Å². The Morgan fingerprint density at radius 3 is 2.25 bits per heavy atom. The first kappa shape index (κ1) is 23.1. The quantitative estimate of drug-likeness (QED) is 0.552. The van der Waals surface area contributed by atoms with E-state index in [2.05, 4.69) is 5.32 Å². The van der Waals surface area contributed by atoms with Gasteiger partial charge in [-0.05, 0) is 43.3 Å². The normalized spacial score (nSPS) is 11.2. The minimum absolute atomic E-state index is 0.0612. The predicted octanol–water partition coefficient (Wildman–Crippen LogP) is 3.63. The number of amides is 2. The fraction of sp³-hybridized carbons (Fsp3) is 0.182. The van der Waals surface area contributed by atoms with Crippen LogP contribution in [0, 0.1) is 11.6 Å². The van der Waals surface area contributed by atoms with E-state index in [0.717, 1.165) is 23.1 Å². The molecular formula is C22H20F2N2O5S. The lowest BCUT2D eigenvalue weighted by molar-refractivity contribution is -0.116. The van der Waals surface area contributed by atoms with Gasteiger partial charge >= 0.3 is 0 Å². The predicted molar refractivity (Wildman–Crippen MR) is 113 cm³/mol. The van der Waals surface area contributed by atoms with Gasteiger partial charge in [-0.2, -0.15) is 0 Å². The minimum Gasteiger partial charge on any atom is -0.455 e. The molecule has 2 aromatic carbocycles. The molecule has 0 aliphatic carbocycles. The molecule has 0 saturated heterocycles. The van der Waals surface area contributed by atoms with E-state index in [1.165, 1.54) is 24.3 Å². The molecule has 3 rings (SSSR count). The Hall–Kier alpha value is -3.53. The molecule has 0 saturated carbocycles. The van der Waals surface area contributed by atoms with Gasteiger partial charge in [-0.1, -0.05) is 24.3 Å². The van der Waals surface area contributed by atoms with E-state index in [1.807, 2.05) is 0 Å². The summed E-state index contributed by atoms with van der Waals surface area (Å²) < 4.78 is 57.8. The molecule has 0 aliphatic heterocycles. The van der Waals surface area contributed by atoms with Crippen LogP contribution in [-0.2, 0) is 20.4 Å². The number of nitrogens with zero attached hydrogens (tertiary/aromatic N) is 1. The number of nitrogens with one attached hydrogen (secondary N) is 1. The van der Waals surface area contributed by atoms with Gasteiger partial charge in [0.25, 0.3) is 5.91 Å². The number of rotatable bonds is 8. The summed E-state index contributed by atoms with van der Waals surface area (Å²) in [5, 5.41) is 2.11. The van der Waals surface area contributed by atoms with Crippen molar-refractivity contribution in [1.82, 2.24) is 4.90 Å². The Labute approximate surface area is 183 Å². The van der Waals surface area contributed by atoms with E-state index in [-0.39, 0.29) is 23.0 Å². The van der Waals surface area contributed by atoms with E-state index in [4.69, 9.17) is 4.42 Å². The molecule has 0 fully saturated rings. The van der Waals surface area contributed by atoms with Crippen molar-refractivity contribution in [1.29, 1.82) is 0 Å². The van der Waals surface area contributed by atoms with Gasteiger partial charge in [-0.25, -0.2) is 17.2 Å². The molecule has 32 heavy (non-hydrogen) atoms. The molecule has 0 atom stereocenters. The summed E-state index contributed by atoms with van der Waals surface area (Å²) in [5.41, 5.74) is -0.604. The van der Waals surface area contributed by atoms with Crippen LogP contribution < -0.4 is 5.32 Å². The maximum atomic E-state index is 13.7. The maximum absolute atomic E-state index is 13.7. The molecule has 0 radical (unpaired) electrons. The molecule has 0 unspecified atom stereocenters. The molecule has 7 nitrogen and oxygen atoms in total. The van der Waals surface area contributed by atoms with E-state index in [9.17, 15) is 26.8 Å². The second-order valence-electron chi connectivity index (χ2n) is 6.80. The number of carbonyl (C=O) groups is 2. The number of para-hydroxylation sites is 1. The molecule has 2 amide bonds. The Morgan fingerprint density at radius 1 is 0.969 bits per heavy atom. The van der Waals surface area contributed by atoms with Crippen molar-refractivity contribution in [3.63, 3.8) is 0 Å². The Bertz CT molecular complexity index is 1210. The summed E-state index contributed by atoms with van der Waals surface area (Å²) in [6.07, 6.45) is 0. The third-order valence-electron chi connectivity index (χ3n) is 4.54. The number of furan rings is 1. The molecule has 0 aliphatic rings. The number of halogens is 2. The summed E-state index contributed by atoms with van der Waals surface area (Å²) in [6, 6.07) is 13.6. The Balaban J connectivity index is 1.68. The highest BCUT2D eigenvalue weighted by Gasteiger charge is 2.23. The van der Waals surface area contributed by atoms with Crippen LogP contribution >= 0.6 is 0 Å². The van der Waals surface area contributed by atoms with Crippen LogP contribution in [0.5, 0.6) is 0 Å². The van der Waals surface area contributed by atoms with Gasteiger partial charge in [0.1, 0.15) is 35.4 Å². The lowest BCUT2D eigenvalue weighted by Crippen LogP contribution is -2.38. The summed E-state index contributed by atoms with van der Waals surface area (Å²) in [7, 11) is -3.67. The average Bonchev–Trinajstić information content (AvgIpc) is 3.22. The second-order valence-corrected chi connectivity index (χ2v) is 8.79. The van der Waals surface area contributed by atoms with Gasteiger partial charge in [0.15, 0.2) is 15.6 Å². The van der Waals surface area contributed by atoms with Crippen molar-refractivity contribution in [3.8, 4) is 0 Å². The van der Waals surface area contributed by atoms with Gasteiger partial charge < -0.3 is 14.6 Å². The molecule has 1 heterocycles. The highest BCUT2D eigenvalue weighted by atomic mass is 32.2. The smallest absolute Gasteiger partial charge is 0.290 e. The summed E-state index contributed by atoms with van der Waals surface area (Å²) in [5.74, 6) is -3.89. The fourth-order valence-electron chi connectivity index (χ4n) is 2.92. The van der Waals surface area contributed by atoms with Crippen molar-refractivity contribution in [2.45, 2.75) is 17.6 Å². The Morgan fingerprint density at radius 2 is 1.62 bits per heavy atom. The molecular weight excluding hydrogens is 442 g/mol. The highest BCUT2D eigenvalue weighted by molar-refractivity contribution is 7.90. The first-order chi connectivity index (χ1) is 15.2. The third kappa shape index (κ3) is 5.38. The molecule has 3 aromatic rings. The van der Waals surface area contributed by atoms with Gasteiger partial charge in [-0.3, -0.25) is 9.59 Å². The van der Waals surface area contributed by atoms with Crippen molar-refractivity contribution in [2.24, 2.45) is 0 Å².